The Hall–Kier alpha value is -1.48. The van der Waals surface area contributed by atoms with Crippen molar-refractivity contribution in [1.82, 2.24) is 4.57 Å². The van der Waals surface area contributed by atoms with Crippen LogP contribution in [0.5, 0.6) is 0 Å². The van der Waals surface area contributed by atoms with Gasteiger partial charge in [0.25, 0.3) is 0 Å². The standard InChI is InChI=1S/C17H23ClN2O/c1-2-3-4-6-17(21)19-15-8-7-14-9-12-20(11-5-10-18)16(14)13-15/h7-9,12-13H,2-6,10-11H2,1H3,(H,19,21). The van der Waals surface area contributed by atoms with Crippen LogP contribution in [0.1, 0.15) is 39.0 Å². The monoisotopic (exact) mass is 306 g/mol. The van der Waals surface area contributed by atoms with Gasteiger partial charge in [0, 0.05) is 30.7 Å². The van der Waals surface area contributed by atoms with E-state index < -0.39 is 0 Å². The van der Waals surface area contributed by atoms with Crippen LogP contribution >= 0.6 is 11.6 Å². The number of alkyl halides is 1. The smallest absolute Gasteiger partial charge is 0.224 e. The third kappa shape index (κ3) is 4.50. The molecule has 3 nitrogen and oxygen atoms in total. The van der Waals surface area contributed by atoms with Crippen molar-refractivity contribution in [3.05, 3.63) is 30.5 Å². The van der Waals surface area contributed by atoms with Crippen LogP contribution in [0.15, 0.2) is 30.5 Å². The molecule has 0 saturated heterocycles. The first-order valence-electron chi connectivity index (χ1n) is 7.69. The zero-order valence-electron chi connectivity index (χ0n) is 12.6. The predicted octanol–water partition coefficient (Wildman–Crippen LogP) is 4.79. The van der Waals surface area contributed by atoms with E-state index >= 15 is 0 Å². The lowest BCUT2D eigenvalue weighted by Crippen LogP contribution is -2.11. The molecule has 1 aromatic heterocycles. The number of anilines is 1. The molecule has 1 amide bonds. The second-order valence-corrected chi connectivity index (χ2v) is 5.71. The van der Waals surface area contributed by atoms with Crippen LogP contribution in [0.3, 0.4) is 0 Å². The summed E-state index contributed by atoms with van der Waals surface area (Å²) in [6, 6.07) is 8.15. The van der Waals surface area contributed by atoms with Crippen LogP contribution < -0.4 is 5.32 Å². The zero-order valence-corrected chi connectivity index (χ0v) is 13.3. The molecular formula is C17H23ClN2O. The summed E-state index contributed by atoms with van der Waals surface area (Å²) in [5, 5.41) is 4.18. The van der Waals surface area contributed by atoms with E-state index in [1.807, 2.05) is 18.2 Å². The Balaban J connectivity index is 2.05. The summed E-state index contributed by atoms with van der Waals surface area (Å²) in [7, 11) is 0. The molecule has 1 heterocycles. The number of halogens is 1. The van der Waals surface area contributed by atoms with E-state index in [1.165, 1.54) is 5.39 Å². The SMILES string of the molecule is CCCCCC(=O)Nc1ccc2ccn(CCCCl)c2c1. The van der Waals surface area contributed by atoms with Gasteiger partial charge in [-0.25, -0.2) is 0 Å². The maximum atomic E-state index is 11.9. The molecule has 114 valence electrons. The highest BCUT2D eigenvalue weighted by atomic mass is 35.5. The molecule has 0 aliphatic carbocycles. The van der Waals surface area contributed by atoms with Gasteiger partial charge in [-0.05, 0) is 36.4 Å². The van der Waals surface area contributed by atoms with E-state index in [9.17, 15) is 4.79 Å². The summed E-state index contributed by atoms with van der Waals surface area (Å²) in [6.07, 6.45) is 6.81. The van der Waals surface area contributed by atoms with E-state index in [2.05, 4.69) is 29.1 Å². The Kier molecular flexibility index (Phi) is 6.12. The number of hydrogen-bond donors (Lipinski definition) is 1. The van der Waals surface area contributed by atoms with Crippen molar-refractivity contribution in [3.63, 3.8) is 0 Å². The van der Waals surface area contributed by atoms with Crippen LogP contribution in [0.4, 0.5) is 5.69 Å². The fourth-order valence-corrected chi connectivity index (χ4v) is 2.57. The van der Waals surface area contributed by atoms with Crippen LogP contribution in [-0.4, -0.2) is 16.4 Å². The van der Waals surface area contributed by atoms with Crippen LogP contribution in [-0.2, 0) is 11.3 Å². The number of carbonyl (C=O) groups excluding carboxylic acids is 1. The van der Waals surface area contributed by atoms with Crippen LogP contribution in [0.2, 0.25) is 0 Å². The summed E-state index contributed by atoms with van der Waals surface area (Å²) < 4.78 is 2.18. The van der Waals surface area contributed by atoms with Crippen molar-refractivity contribution < 1.29 is 4.79 Å². The summed E-state index contributed by atoms with van der Waals surface area (Å²) in [4.78, 5) is 11.9. The lowest BCUT2D eigenvalue weighted by atomic mass is 10.2. The van der Waals surface area contributed by atoms with E-state index in [0.717, 1.165) is 43.4 Å². The molecule has 0 fully saturated rings. The summed E-state index contributed by atoms with van der Waals surface area (Å²) in [5.41, 5.74) is 2.02. The van der Waals surface area contributed by atoms with Crippen LogP contribution in [0.25, 0.3) is 10.9 Å². The molecular weight excluding hydrogens is 284 g/mol. The number of benzene rings is 1. The van der Waals surface area contributed by atoms with Gasteiger partial charge in [0.05, 0.1) is 5.52 Å². The third-order valence-corrected chi connectivity index (χ3v) is 3.86. The largest absolute Gasteiger partial charge is 0.347 e. The summed E-state index contributed by atoms with van der Waals surface area (Å²) in [5.74, 6) is 0.759. The number of aromatic nitrogens is 1. The number of amides is 1. The Labute approximate surface area is 131 Å². The average molecular weight is 307 g/mol. The topological polar surface area (TPSA) is 34.0 Å². The van der Waals surface area contributed by atoms with Gasteiger partial charge in [-0.1, -0.05) is 25.8 Å². The number of aryl methyl sites for hydroxylation is 1. The van der Waals surface area contributed by atoms with Crippen molar-refractivity contribution in [2.45, 2.75) is 45.6 Å². The lowest BCUT2D eigenvalue weighted by molar-refractivity contribution is -0.116. The maximum absolute atomic E-state index is 11.9. The number of hydrogen-bond acceptors (Lipinski definition) is 1. The second-order valence-electron chi connectivity index (χ2n) is 5.33. The highest BCUT2D eigenvalue weighted by molar-refractivity contribution is 6.17. The van der Waals surface area contributed by atoms with E-state index in [0.29, 0.717) is 12.3 Å². The zero-order chi connectivity index (χ0) is 15.1. The molecule has 0 unspecified atom stereocenters. The number of fused-ring (bicyclic) bond motifs is 1. The minimum Gasteiger partial charge on any atom is -0.347 e. The maximum Gasteiger partial charge on any atom is 0.224 e. The normalized spacial score (nSPS) is 11.0. The number of carbonyl (C=O) groups is 1. The van der Waals surface area contributed by atoms with Crippen LogP contribution in [0, 0.1) is 0 Å². The number of rotatable bonds is 8. The molecule has 1 aromatic carbocycles. The molecule has 2 rings (SSSR count). The average Bonchev–Trinajstić information content (AvgIpc) is 2.88. The van der Waals surface area contributed by atoms with Crippen molar-refractivity contribution in [2.75, 3.05) is 11.2 Å². The molecule has 1 N–H and O–H groups in total. The van der Waals surface area contributed by atoms with Gasteiger partial charge < -0.3 is 9.88 Å². The Morgan fingerprint density at radius 3 is 2.86 bits per heavy atom. The van der Waals surface area contributed by atoms with Gasteiger partial charge in [0.2, 0.25) is 5.91 Å². The summed E-state index contributed by atoms with van der Waals surface area (Å²) in [6.45, 7) is 3.04. The van der Waals surface area contributed by atoms with Gasteiger partial charge in [-0.3, -0.25) is 4.79 Å². The molecule has 21 heavy (non-hydrogen) atoms. The van der Waals surface area contributed by atoms with Gasteiger partial charge in [-0.15, -0.1) is 11.6 Å². The first-order valence-corrected chi connectivity index (χ1v) is 8.22. The number of unbranched alkanes of at least 4 members (excludes halogenated alkanes) is 2. The first-order chi connectivity index (χ1) is 10.2. The fraction of sp³-hybridized carbons (Fsp3) is 0.471. The number of nitrogens with one attached hydrogen (secondary N) is 1. The van der Waals surface area contributed by atoms with E-state index in [4.69, 9.17) is 11.6 Å². The highest BCUT2D eigenvalue weighted by Crippen LogP contribution is 2.21. The van der Waals surface area contributed by atoms with Crippen molar-refractivity contribution in [1.29, 1.82) is 0 Å². The van der Waals surface area contributed by atoms with Crippen molar-refractivity contribution >= 4 is 34.1 Å². The minimum atomic E-state index is 0.0988. The quantitative estimate of drug-likeness (QED) is 0.552. The fourth-order valence-electron chi connectivity index (χ4n) is 2.45. The van der Waals surface area contributed by atoms with Gasteiger partial charge >= 0.3 is 0 Å². The molecule has 0 radical (unpaired) electrons. The van der Waals surface area contributed by atoms with E-state index in [1.54, 1.807) is 0 Å². The summed E-state index contributed by atoms with van der Waals surface area (Å²) >= 11 is 5.76. The Morgan fingerprint density at radius 2 is 2.10 bits per heavy atom. The van der Waals surface area contributed by atoms with Gasteiger partial charge in [0.1, 0.15) is 0 Å². The van der Waals surface area contributed by atoms with Gasteiger partial charge in [0.15, 0.2) is 0 Å². The molecule has 0 saturated carbocycles. The highest BCUT2D eigenvalue weighted by Gasteiger charge is 2.05. The minimum absolute atomic E-state index is 0.0988. The first kappa shape index (κ1) is 15.9. The molecule has 0 bridgehead atoms. The number of nitrogens with zero attached hydrogens (tertiary/aromatic N) is 1. The molecule has 2 aromatic rings. The predicted molar refractivity (Wildman–Crippen MR) is 90.0 cm³/mol. The van der Waals surface area contributed by atoms with E-state index in [-0.39, 0.29) is 5.91 Å². The molecule has 0 atom stereocenters. The Bertz CT molecular complexity index is 591. The second kappa shape index (κ2) is 8.08. The Morgan fingerprint density at radius 1 is 1.24 bits per heavy atom. The van der Waals surface area contributed by atoms with Crippen molar-refractivity contribution in [2.24, 2.45) is 0 Å². The molecule has 0 aliphatic rings. The van der Waals surface area contributed by atoms with Gasteiger partial charge in [-0.2, -0.15) is 0 Å². The third-order valence-electron chi connectivity index (χ3n) is 3.60. The lowest BCUT2D eigenvalue weighted by Gasteiger charge is -2.08. The molecule has 4 heteroatoms. The molecule has 0 spiro atoms. The molecule has 0 aliphatic heterocycles. The van der Waals surface area contributed by atoms with Crippen molar-refractivity contribution in [3.8, 4) is 0 Å².